The van der Waals surface area contributed by atoms with E-state index in [4.69, 9.17) is 23.2 Å². The number of carbonyl (C=O) groups is 1. The van der Waals surface area contributed by atoms with E-state index in [9.17, 15) is 9.18 Å². The smallest absolute Gasteiger partial charge is 0.236 e. The topological polar surface area (TPSA) is 41.1 Å². The number of hydrogen-bond acceptors (Lipinski definition) is 2. The molecule has 0 aliphatic heterocycles. The normalized spacial score (nSPS) is 13.9. The van der Waals surface area contributed by atoms with Crippen molar-refractivity contribution in [1.82, 2.24) is 10.6 Å². The lowest BCUT2D eigenvalue weighted by Gasteiger charge is -2.21. The molecule has 0 bridgehead atoms. The van der Waals surface area contributed by atoms with Crippen LogP contribution in [0.1, 0.15) is 38.8 Å². The van der Waals surface area contributed by atoms with Crippen molar-refractivity contribution in [3.8, 4) is 0 Å². The second-order valence-corrected chi connectivity index (χ2v) is 5.50. The van der Waals surface area contributed by atoms with Gasteiger partial charge in [0, 0.05) is 17.6 Å². The summed E-state index contributed by atoms with van der Waals surface area (Å²) in [6.45, 7) is 6.19. The van der Waals surface area contributed by atoms with E-state index >= 15 is 0 Å². The largest absolute Gasteiger partial charge is 0.355 e. The van der Waals surface area contributed by atoms with Crippen molar-refractivity contribution in [2.75, 3.05) is 6.54 Å². The zero-order valence-corrected chi connectivity index (χ0v) is 13.3. The predicted molar refractivity (Wildman–Crippen MR) is 80.7 cm³/mol. The second-order valence-electron chi connectivity index (χ2n) is 4.69. The summed E-state index contributed by atoms with van der Waals surface area (Å²) in [5, 5.41) is 6.24. The van der Waals surface area contributed by atoms with E-state index in [-0.39, 0.29) is 17.0 Å². The Kier molecular flexibility index (Phi) is 6.72. The van der Waals surface area contributed by atoms with Crippen LogP contribution in [0.25, 0.3) is 0 Å². The molecule has 1 aromatic rings. The molecule has 2 unspecified atom stereocenters. The van der Waals surface area contributed by atoms with Crippen LogP contribution in [0.4, 0.5) is 4.39 Å². The highest BCUT2D eigenvalue weighted by atomic mass is 35.5. The van der Waals surface area contributed by atoms with Gasteiger partial charge in [0.2, 0.25) is 5.91 Å². The molecule has 0 spiro atoms. The fourth-order valence-electron chi connectivity index (χ4n) is 1.81. The summed E-state index contributed by atoms with van der Waals surface area (Å²) in [7, 11) is 0. The molecule has 112 valence electrons. The maximum Gasteiger partial charge on any atom is 0.236 e. The average molecular weight is 321 g/mol. The predicted octanol–water partition coefficient (Wildman–Crippen LogP) is 3.70. The van der Waals surface area contributed by atoms with Gasteiger partial charge in [0.1, 0.15) is 5.82 Å². The summed E-state index contributed by atoms with van der Waals surface area (Å²) in [6, 6.07) is 2.00. The second kappa shape index (κ2) is 7.81. The number of halogens is 3. The van der Waals surface area contributed by atoms with Gasteiger partial charge in [-0.1, -0.05) is 30.1 Å². The Morgan fingerprint density at radius 2 is 1.95 bits per heavy atom. The molecule has 0 radical (unpaired) electrons. The minimum atomic E-state index is -0.525. The molecule has 6 heteroatoms. The minimum absolute atomic E-state index is 0.0142. The standard InChI is InChI=1S/C14H19Cl2FN2O/c1-4-5-18-14(20)9(3)19-8(2)10-6-13(17)12(16)7-11(10)15/h6-9,19H,4-5H2,1-3H3,(H,18,20). The summed E-state index contributed by atoms with van der Waals surface area (Å²) in [5.41, 5.74) is 0.573. The number of hydrogen-bond donors (Lipinski definition) is 2. The van der Waals surface area contributed by atoms with Crippen LogP contribution in [-0.2, 0) is 4.79 Å². The third kappa shape index (κ3) is 4.62. The first kappa shape index (κ1) is 17.2. The molecule has 0 heterocycles. The van der Waals surface area contributed by atoms with Gasteiger partial charge in [0.25, 0.3) is 0 Å². The highest BCUT2D eigenvalue weighted by Crippen LogP contribution is 2.28. The summed E-state index contributed by atoms with van der Waals surface area (Å²) in [5.74, 6) is -0.618. The quantitative estimate of drug-likeness (QED) is 0.785. The third-order valence-corrected chi connectivity index (χ3v) is 3.57. The third-order valence-electron chi connectivity index (χ3n) is 2.95. The Hall–Kier alpha value is -0.840. The first-order valence-corrected chi connectivity index (χ1v) is 7.30. The SMILES string of the molecule is CCCNC(=O)C(C)NC(C)c1cc(F)c(Cl)cc1Cl. The average Bonchev–Trinajstić information content (AvgIpc) is 2.39. The summed E-state index contributed by atoms with van der Waals surface area (Å²) >= 11 is 11.7. The van der Waals surface area contributed by atoms with Crippen LogP contribution in [-0.4, -0.2) is 18.5 Å². The zero-order valence-electron chi connectivity index (χ0n) is 11.8. The highest BCUT2D eigenvalue weighted by molar-refractivity contribution is 6.35. The number of nitrogens with one attached hydrogen (secondary N) is 2. The maximum atomic E-state index is 13.5. The Bertz CT molecular complexity index is 482. The van der Waals surface area contributed by atoms with Gasteiger partial charge < -0.3 is 5.32 Å². The molecular weight excluding hydrogens is 302 g/mol. The van der Waals surface area contributed by atoms with Crippen molar-refractivity contribution in [2.45, 2.75) is 39.3 Å². The summed E-state index contributed by atoms with van der Waals surface area (Å²) in [6.07, 6.45) is 0.877. The molecule has 1 aromatic carbocycles. The molecule has 3 nitrogen and oxygen atoms in total. The lowest BCUT2D eigenvalue weighted by Crippen LogP contribution is -2.43. The van der Waals surface area contributed by atoms with Crippen LogP contribution >= 0.6 is 23.2 Å². The first-order valence-electron chi connectivity index (χ1n) is 6.55. The van der Waals surface area contributed by atoms with Gasteiger partial charge in [0.15, 0.2) is 0 Å². The van der Waals surface area contributed by atoms with E-state index in [2.05, 4.69) is 10.6 Å². The molecule has 0 aliphatic rings. The van der Waals surface area contributed by atoms with E-state index in [0.29, 0.717) is 17.1 Å². The number of carbonyl (C=O) groups excluding carboxylic acids is 1. The van der Waals surface area contributed by atoms with Gasteiger partial charge in [-0.05, 0) is 38.0 Å². The Morgan fingerprint density at radius 3 is 2.55 bits per heavy atom. The molecule has 20 heavy (non-hydrogen) atoms. The molecule has 2 atom stereocenters. The highest BCUT2D eigenvalue weighted by Gasteiger charge is 2.18. The molecule has 2 N–H and O–H groups in total. The maximum absolute atomic E-state index is 13.5. The molecular formula is C14H19Cl2FN2O. The van der Waals surface area contributed by atoms with Crippen LogP contribution in [0.5, 0.6) is 0 Å². The van der Waals surface area contributed by atoms with Crippen molar-refractivity contribution in [1.29, 1.82) is 0 Å². The van der Waals surface area contributed by atoms with Gasteiger partial charge in [0.05, 0.1) is 11.1 Å². The van der Waals surface area contributed by atoms with E-state index in [1.165, 1.54) is 12.1 Å². The van der Waals surface area contributed by atoms with Crippen LogP contribution in [0.3, 0.4) is 0 Å². The van der Waals surface area contributed by atoms with Gasteiger partial charge >= 0.3 is 0 Å². The Labute approximate surface area is 128 Å². The lowest BCUT2D eigenvalue weighted by atomic mass is 10.1. The van der Waals surface area contributed by atoms with Crippen LogP contribution in [0, 0.1) is 5.82 Å². The Balaban J connectivity index is 2.73. The fraction of sp³-hybridized carbons (Fsp3) is 0.500. The van der Waals surface area contributed by atoms with Crippen LogP contribution < -0.4 is 10.6 Å². The van der Waals surface area contributed by atoms with Crippen LogP contribution in [0.15, 0.2) is 12.1 Å². The Morgan fingerprint density at radius 1 is 1.30 bits per heavy atom. The molecule has 0 aliphatic carbocycles. The number of amides is 1. The molecule has 1 amide bonds. The minimum Gasteiger partial charge on any atom is -0.355 e. The van der Waals surface area contributed by atoms with Gasteiger partial charge in [-0.15, -0.1) is 0 Å². The summed E-state index contributed by atoms with van der Waals surface area (Å²) in [4.78, 5) is 11.8. The van der Waals surface area contributed by atoms with Crippen molar-refractivity contribution < 1.29 is 9.18 Å². The summed E-state index contributed by atoms with van der Waals surface area (Å²) < 4.78 is 13.5. The first-order chi connectivity index (χ1) is 9.36. The molecule has 0 aromatic heterocycles. The van der Waals surface area contributed by atoms with Crippen molar-refractivity contribution >= 4 is 29.1 Å². The molecule has 0 saturated heterocycles. The monoisotopic (exact) mass is 320 g/mol. The van der Waals surface area contributed by atoms with Gasteiger partial charge in [-0.3, -0.25) is 10.1 Å². The number of rotatable bonds is 6. The van der Waals surface area contributed by atoms with Gasteiger partial charge in [-0.25, -0.2) is 4.39 Å². The van der Waals surface area contributed by atoms with Crippen molar-refractivity contribution in [3.63, 3.8) is 0 Å². The van der Waals surface area contributed by atoms with Gasteiger partial charge in [-0.2, -0.15) is 0 Å². The van der Waals surface area contributed by atoms with Crippen molar-refractivity contribution in [3.05, 3.63) is 33.6 Å². The molecule has 0 fully saturated rings. The molecule has 1 rings (SSSR count). The number of benzene rings is 1. The molecule has 0 saturated carbocycles. The zero-order chi connectivity index (χ0) is 15.3. The lowest BCUT2D eigenvalue weighted by molar-refractivity contribution is -0.122. The fourth-order valence-corrected chi connectivity index (χ4v) is 2.36. The van der Waals surface area contributed by atoms with Crippen LogP contribution in [0.2, 0.25) is 10.0 Å². The van der Waals surface area contributed by atoms with Crippen molar-refractivity contribution in [2.24, 2.45) is 0 Å². The van der Waals surface area contributed by atoms with E-state index in [0.717, 1.165) is 6.42 Å². The van der Waals surface area contributed by atoms with E-state index < -0.39 is 11.9 Å². The van der Waals surface area contributed by atoms with E-state index in [1.807, 2.05) is 13.8 Å². The van der Waals surface area contributed by atoms with E-state index in [1.54, 1.807) is 6.92 Å².